The number of nitrogens with zero attached hydrogens (tertiary/aromatic N) is 1. The smallest absolute Gasteiger partial charge is 0.235 e. The molecule has 2 unspecified atom stereocenters. The lowest BCUT2D eigenvalue weighted by Crippen LogP contribution is -2.74. The van der Waals surface area contributed by atoms with Gasteiger partial charge in [0, 0.05) is 29.6 Å². The van der Waals surface area contributed by atoms with E-state index in [0.29, 0.717) is 29.5 Å². The Hall–Kier alpha value is -3.15. The van der Waals surface area contributed by atoms with Crippen molar-refractivity contribution in [2.45, 2.75) is 49.9 Å². The molecule has 1 aromatic carbocycles. The van der Waals surface area contributed by atoms with Gasteiger partial charge in [0.25, 0.3) is 0 Å². The van der Waals surface area contributed by atoms with Gasteiger partial charge in [-0.1, -0.05) is 0 Å². The molecule has 0 saturated heterocycles. The molecule has 4 aliphatic carbocycles. The number of hydrogen-bond donors (Lipinski definition) is 4. The highest BCUT2D eigenvalue weighted by atomic mass is 16.5. The minimum atomic E-state index is -2.73. The van der Waals surface area contributed by atoms with Crippen molar-refractivity contribution in [2.24, 2.45) is 29.4 Å². The van der Waals surface area contributed by atoms with Crippen LogP contribution in [0.3, 0.4) is 0 Å². The molecule has 11 heteroatoms. The largest absolute Gasteiger partial charge is 0.507 e. The van der Waals surface area contributed by atoms with Crippen LogP contribution in [0.15, 0.2) is 6.07 Å². The molecule has 3 fully saturated rings. The number of carbonyl (C=O) groups is 5. The van der Waals surface area contributed by atoms with Gasteiger partial charge >= 0.3 is 0 Å². The summed E-state index contributed by atoms with van der Waals surface area (Å²) in [5, 5.41) is 25.8. The predicted molar refractivity (Wildman–Crippen MR) is 128 cm³/mol. The van der Waals surface area contributed by atoms with Crippen molar-refractivity contribution in [3.63, 3.8) is 0 Å². The highest BCUT2D eigenvalue weighted by molar-refractivity contribution is 6.32. The second kappa shape index (κ2) is 8.71. The van der Waals surface area contributed by atoms with Crippen molar-refractivity contribution in [3.8, 4) is 11.5 Å². The predicted octanol–water partition coefficient (Wildman–Crippen LogP) is -0.872. The summed E-state index contributed by atoms with van der Waals surface area (Å²) < 4.78 is 5.66. The fourth-order valence-corrected chi connectivity index (χ4v) is 6.64. The minimum Gasteiger partial charge on any atom is -0.507 e. The SMILES string of the molecule is COc1c(CNC2CC2)cc(O)c2c1C[C@H]1C[C@H]3[C@H](N(C)C)C(=O)C(C(N)=O)C(=O)[C@@]3(O)C(=O)C1C2=O. The normalized spacial score (nSPS) is 33.2. The third kappa shape index (κ3) is 3.63. The number of aromatic hydroxyl groups is 1. The fourth-order valence-electron chi connectivity index (χ4n) is 6.64. The number of ketones is 4. The molecule has 3 saturated carbocycles. The van der Waals surface area contributed by atoms with E-state index in [-0.39, 0.29) is 24.2 Å². The molecule has 1 amide bonds. The van der Waals surface area contributed by atoms with Crippen LogP contribution in [0, 0.1) is 23.7 Å². The third-order valence-electron chi connectivity index (χ3n) is 8.45. The van der Waals surface area contributed by atoms with Gasteiger partial charge in [-0.3, -0.25) is 28.9 Å². The number of aliphatic hydroxyl groups is 1. The van der Waals surface area contributed by atoms with Gasteiger partial charge < -0.3 is 26.0 Å². The summed E-state index contributed by atoms with van der Waals surface area (Å²) in [6.45, 7) is 0.429. The molecule has 0 spiro atoms. The van der Waals surface area contributed by atoms with Crippen LogP contribution in [-0.4, -0.2) is 83.0 Å². The molecule has 0 bridgehead atoms. The van der Waals surface area contributed by atoms with Crippen molar-refractivity contribution in [1.29, 1.82) is 0 Å². The summed E-state index contributed by atoms with van der Waals surface area (Å²) in [6.07, 6.45) is 2.29. The number of benzene rings is 1. The van der Waals surface area contributed by atoms with Crippen LogP contribution in [0.4, 0.5) is 0 Å². The fraction of sp³-hybridized carbons (Fsp3) is 0.577. The van der Waals surface area contributed by atoms with Gasteiger partial charge in [0.2, 0.25) is 5.91 Å². The molecule has 4 aliphatic rings. The van der Waals surface area contributed by atoms with Gasteiger partial charge in [0.1, 0.15) is 11.5 Å². The third-order valence-corrected chi connectivity index (χ3v) is 8.45. The number of ether oxygens (including phenoxy) is 1. The summed E-state index contributed by atoms with van der Waals surface area (Å²) in [4.78, 5) is 67.5. The van der Waals surface area contributed by atoms with Gasteiger partial charge in [-0.05, 0) is 51.8 Å². The first kappa shape index (κ1) is 25.5. The monoisotopic (exact) mass is 513 g/mol. The lowest BCUT2D eigenvalue weighted by molar-refractivity contribution is -0.181. The van der Waals surface area contributed by atoms with Crippen molar-refractivity contribution < 1.29 is 38.9 Å². The van der Waals surface area contributed by atoms with E-state index in [2.05, 4.69) is 5.32 Å². The molecule has 37 heavy (non-hydrogen) atoms. The summed E-state index contributed by atoms with van der Waals surface area (Å²) in [5.41, 5.74) is 3.67. The van der Waals surface area contributed by atoms with Gasteiger partial charge in [-0.2, -0.15) is 0 Å². The lowest BCUT2D eigenvalue weighted by Gasteiger charge is -2.52. The Bertz CT molecular complexity index is 1240. The summed E-state index contributed by atoms with van der Waals surface area (Å²) in [7, 11) is 4.57. The number of amides is 1. The van der Waals surface area contributed by atoms with Crippen LogP contribution < -0.4 is 15.8 Å². The molecule has 0 radical (unpaired) electrons. The number of nitrogens with two attached hydrogens (primary N) is 1. The van der Waals surface area contributed by atoms with E-state index in [9.17, 15) is 34.2 Å². The molecule has 6 atom stereocenters. The van der Waals surface area contributed by atoms with Gasteiger partial charge in [0.15, 0.2) is 34.7 Å². The number of phenolic OH excluding ortho intramolecular Hbond substituents is 1. The van der Waals surface area contributed by atoms with Crippen LogP contribution in [0.25, 0.3) is 0 Å². The standard InChI is InChI=1S/C26H31N3O8/c1-29(2)19-14-7-10-6-13-17(15(30)8-11(22(13)37-3)9-28-12-4-5-12)20(31)16(10)23(33)26(14,36)24(34)18(21(19)32)25(27)35/h8,10,12,14,16,18-19,28,30,36H,4-7,9H2,1-3H3,(H2,27,35)/t10-,14-,16?,18?,19-,26-/m0/s1. The number of likely N-dealkylation sites (N-methyl/N-ethyl adjacent to an activating group) is 1. The molecule has 1 aromatic rings. The Morgan fingerprint density at radius 3 is 2.46 bits per heavy atom. The molecule has 0 heterocycles. The zero-order valence-electron chi connectivity index (χ0n) is 20.9. The number of fused-ring (bicyclic) bond motifs is 3. The number of phenols is 1. The number of methoxy groups -OCH3 is 1. The second-order valence-electron chi connectivity index (χ2n) is 10.9. The Morgan fingerprint density at radius 1 is 1.22 bits per heavy atom. The zero-order chi connectivity index (χ0) is 27.0. The van der Waals surface area contributed by atoms with Crippen molar-refractivity contribution in [3.05, 3.63) is 22.8 Å². The molecule has 5 rings (SSSR count). The van der Waals surface area contributed by atoms with Crippen LogP contribution in [0.2, 0.25) is 0 Å². The topological polar surface area (TPSA) is 176 Å². The van der Waals surface area contributed by atoms with E-state index in [4.69, 9.17) is 10.5 Å². The van der Waals surface area contributed by atoms with Gasteiger partial charge in [-0.15, -0.1) is 0 Å². The van der Waals surface area contributed by atoms with Crippen LogP contribution in [-0.2, 0) is 32.1 Å². The number of nitrogens with one attached hydrogen (secondary N) is 1. The zero-order valence-corrected chi connectivity index (χ0v) is 20.9. The molecule has 5 N–H and O–H groups in total. The molecular formula is C26H31N3O8. The first-order valence-corrected chi connectivity index (χ1v) is 12.4. The lowest BCUT2D eigenvalue weighted by atomic mass is 9.52. The number of Topliss-reactive ketones (excluding diaryl/α,β-unsaturated/α-hetero) is 4. The Balaban J connectivity index is 1.60. The van der Waals surface area contributed by atoms with Crippen molar-refractivity contribution in [1.82, 2.24) is 10.2 Å². The summed E-state index contributed by atoms with van der Waals surface area (Å²) in [6, 6.07) is 0.702. The van der Waals surface area contributed by atoms with E-state index < -0.39 is 64.4 Å². The van der Waals surface area contributed by atoms with E-state index in [1.807, 2.05) is 0 Å². The highest BCUT2D eigenvalue weighted by Crippen LogP contribution is 2.52. The average Bonchev–Trinajstić information content (AvgIpc) is 3.64. The first-order valence-electron chi connectivity index (χ1n) is 12.4. The second-order valence-corrected chi connectivity index (χ2v) is 10.9. The van der Waals surface area contributed by atoms with Crippen molar-refractivity contribution >= 4 is 29.0 Å². The molecule has 0 aromatic heterocycles. The van der Waals surface area contributed by atoms with E-state index >= 15 is 0 Å². The van der Waals surface area contributed by atoms with Gasteiger partial charge in [-0.25, -0.2) is 0 Å². The molecular weight excluding hydrogens is 482 g/mol. The quantitative estimate of drug-likeness (QED) is 0.350. The highest BCUT2D eigenvalue weighted by Gasteiger charge is 2.69. The Labute approximate surface area is 213 Å². The Kier molecular flexibility index (Phi) is 6.00. The average molecular weight is 514 g/mol. The van der Waals surface area contributed by atoms with E-state index in [1.54, 1.807) is 14.1 Å². The summed E-state index contributed by atoms with van der Waals surface area (Å²) >= 11 is 0. The maximum Gasteiger partial charge on any atom is 0.235 e. The van der Waals surface area contributed by atoms with Crippen molar-refractivity contribution in [2.75, 3.05) is 21.2 Å². The molecule has 11 nitrogen and oxygen atoms in total. The molecule has 198 valence electrons. The summed E-state index contributed by atoms with van der Waals surface area (Å²) in [5.74, 6) is -10.2. The maximum atomic E-state index is 13.8. The first-order chi connectivity index (χ1) is 17.4. The van der Waals surface area contributed by atoms with Crippen LogP contribution >= 0.6 is 0 Å². The minimum absolute atomic E-state index is 0.00162. The number of primary amides is 1. The maximum absolute atomic E-state index is 13.8. The van der Waals surface area contributed by atoms with Crippen LogP contribution in [0.5, 0.6) is 11.5 Å². The number of carbonyl (C=O) groups excluding carboxylic acids is 5. The van der Waals surface area contributed by atoms with Gasteiger partial charge in [0.05, 0.1) is 24.6 Å². The molecule has 0 aliphatic heterocycles. The van der Waals surface area contributed by atoms with Crippen LogP contribution in [0.1, 0.15) is 40.7 Å². The number of rotatable bonds is 6. The van der Waals surface area contributed by atoms with E-state index in [0.717, 1.165) is 12.8 Å². The Morgan fingerprint density at radius 2 is 1.89 bits per heavy atom. The number of hydrogen-bond acceptors (Lipinski definition) is 10. The van der Waals surface area contributed by atoms with E-state index in [1.165, 1.54) is 18.1 Å².